The van der Waals surface area contributed by atoms with Crippen molar-refractivity contribution in [1.29, 1.82) is 0 Å². The van der Waals surface area contributed by atoms with Crippen molar-refractivity contribution >= 4 is 5.91 Å². The third-order valence-corrected chi connectivity index (χ3v) is 2.90. The predicted octanol–water partition coefficient (Wildman–Crippen LogP) is -0.0673. The number of carbonyl (C=O) groups is 1. The Morgan fingerprint density at radius 2 is 2.00 bits per heavy atom. The van der Waals surface area contributed by atoms with Crippen molar-refractivity contribution in [3.05, 3.63) is 0 Å². The minimum Gasteiger partial charge on any atom is -0.396 e. The Balaban J connectivity index is 4.15. The van der Waals surface area contributed by atoms with Gasteiger partial charge in [0.2, 0.25) is 5.91 Å². The Bertz CT molecular complexity index is 208. The summed E-state index contributed by atoms with van der Waals surface area (Å²) in [6, 6.07) is 0.169. The van der Waals surface area contributed by atoms with Crippen LogP contribution in [0.15, 0.2) is 0 Å². The highest BCUT2D eigenvalue weighted by Crippen LogP contribution is 2.01. The van der Waals surface area contributed by atoms with Gasteiger partial charge in [-0.3, -0.25) is 4.79 Å². The van der Waals surface area contributed by atoms with E-state index in [4.69, 9.17) is 10.8 Å². The zero-order valence-electron chi connectivity index (χ0n) is 11.3. The molecule has 0 fully saturated rings. The lowest BCUT2D eigenvalue weighted by molar-refractivity contribution is -0.131. The highest BCUT2D eigenvalue weighted by atomic mass is 16.3. The molecule has 1 amide bonds. The zero-order valence-corrected chi connectivity index (χ0v) is 11.3. The van der Waals surface area contributed by atoms with E-state index in [1.807, 2.05) is 20.8 Å². The molecule has 4 N–H and O–H groups in total. The first kappa shape index (κ1) is 16.4. The van der Waals surface area contributed by atoms with Crippen LogP contribution < -0.4 is 11.1 Å². The number of nitrogens with zero attached hydrogens (tertiary/aromatic N) is 1. The van der Waals surface area contributed by atoms with Crippen molar-refractivity contribution in [2.24, 2.45) is 5.73 Å². The van der Waals surface area contributed by atoms with Gasteiger partial charge in [-0.2, -0.15) is 0 Å². The maximum atomic E-state index is 11.9. The van der Waals surface area contributed by atoms with Crippen LogP contribution in [-0.2, 0) is 4.79 Å². The largest absolute Gasteiger partial charge is 0.396 e. The third-order valence-electron chi connectivity index (χ3n) is 2.90. The highest BCUT2D eigenvalue weighted by molar-refractivity contribution is 5.76. The molecule has 0 aliphatic carbocycles. The Hall–Kier alpha value is -0.650. The molecule has 0 aromatic rings. The number of aliphatic hydroxyl groups excluding tert-OH is 1. The van der Waals surface area contributed by atoms with E-state index < -0.39 is 0 Å². The fourth-order valence-corrected chi connectivity index (χ4v) is 1.81. The molecule has 0 aliphatic heterocycles. The fraction of sp³-hybridized carbons (Fsp3) is 0.917. The second kappa shape index (κ2) is 9.39. The SMILES string of the molecule is CCN(CC)C(=O)CC(CN)NC(C)CCO. The van der Waals surface area contributed by atoms with Crippen LogP contribution in [0.2, 0.25) is 0 Å². The van der Waals surface area contributed by atoms with Crippen LogP contribution in [0.25, 0.3) is 0 Å². The molecule has 5 heteroatoms. The molecule has 0 aromatic carbocycles. The molecule has 0 aliphatic rings. The summed E-state index contributed by atoms with van der Waals surface area (Å²) in [5, 5.41) is 12.1. The number of nitrogens with two attached hydrogens (primary N) is 1. The highest BCUT2D eigenvalue weighted by Gasteiger charge is 2.17. The summed E-state index contributed by atoms with van der Waals surface area (Å²) in [5.41, 5.74) is 5.65. The number of aliphatic hydroxyl groups is 1. The number of carbonyl (C=O) groups excluding carboxylic acids is 1. The second-order valence-electron chi connectivity index (χ2n) is 4.28. The summed E-state index contributed by atoms with van der Waals surface area (Å²) in [6.45, 7) is 7.98. The van der Waals surface area contributed by atoms with Gasteiger partial charge in [-0.1, -0.05) is 0 Å². The van der Waals surface area contributed by atoms with Crippen LogP contribution in [0.1, 0.15) is 33.6 Å². The molecule has 17 heavy (non-hydrogen) atoms. The lowest BCUT2D eigenvalue weighted by atomic mass is 10.1. The van der Waals surface area contributed by atoms with Crippen LogP contribution in [-0.4, -0.2) is 54.2 Å². The normalized spacial score (nSPS) is 14.4. The minimum absolute atomic E-state index is 0.00958. The summed E-state index contributed by atoms with van der Waals surface area (Å²) < 4.78 is 0. The summed E-state index contributed by atoms with van der Waals surface area (Å²) in [5.74, 6) is 0.133. The van der Waals surface area contributed by atoms with Crippen molar-refractivity contribution < 1.29 is 9.90 Å². The van der Waals surface area contributed by atoms with Crippen LogP contribution in [0.3, 0.4) is 0 Å². The molecular weight excluding hydrogens is 218 g/mol. The number of hydrogen-bond donors (Lipinski definition) is 3. The van der Waals surface area contributed by atoms with Crippen molar-refractivity contribution in [2.45, 2.75) is 45.7 Å². The van der Waals surface area contributed by atoms with E-state index in [1.54, 1.807) is 4.90 Å². The lowest BCUT2D eigenvalue weighted by Gasteiger charge is -2.25. The first-order chi connectivity index (χ1) is 8.08. The number of rotatable bonds is 9. The van der Waals surface area contributed by atoms with E-state index >= 15 is 0 Å². The summed E-state index contributed by atoms with van der Waals surface area (Å²) in [6.07, 6.45) is 1.10. The summed E-state index contributed by atoms with van der Waals surface area (Å²) in [7, 11) is 0. The van der Waals surface area contributed by atoms with Gasteiger partial charge in [-0.15, -0.1) is 0 Å². The molecule has 0 rings (SSSR count). The van der Waals surface area contributed by atoms with Crippen molar-refractivity contribution in [3.8, 4) is 0 Å². The molecule has 0 heterocycles. The molecule has 5 nitrogen and oxygen atoms in total. The van der Waals surface area contributed by atoms with E-state index in [0.717, 1.165) is 13.1 Å². The molecule has 2 unspecified atom stereocenters. The van der Waals surface area contributed by atoms with Gasteiger partial charge >= 0.3 is 0 Å². The van der Waals surface area contributed by atoms with Crippen molar-refractivity contribution in [2.75, 3.05) is 26.2 Å². The van der Waals surface area contributed by atoms with Gasteiger partial charge in [-0.05, 0) is 27.2 Å². The molecule has 0 spiro atoms. The average molecular weight is 245 g/mol. The average Bonchev–Trinajstić information content (AvgIpc) is 2.30. The van der Waals surface area contributed by atoms with Crippen molar-refractivity contribution in [3.63, 3.8) is 0 Å². The van der Waals surface area contributed by atoms with Gasteiger partial charge in [0, 0.05) is 44.7 Å². The van der Waals surface area contributed by atoms with Crippen LogP contribution in [0.5, 0.6) is 0 Å². The summed E-state index contributed by atoms with van der Waals surface area (Å²) in [4.78, 5) is 13.7. The van der Waals surface area contributed by atoms with Gasteiger partial charge in [0.05, 0.1) is 0 Å². The summed E-state index contributed by atoms with van der Waals surface area (Å²) >= 11 is 0. The van der Waals surface area contributed by atoms with E-state index in [2.05, 4.69) is 5.32 Å². The van der Waals surface area contributed by atoms with Gasteiger partial charge in [0.1, 0.15) is 0 Å². The quantitative estimate of drug-likeness (QED) is 0.531. The Labute approximate surface area is 104 Å². The Morgan fingerprint density at radius 3 is 2.41 bits per heavy atom. The first-order valence-corrected chi connectivity index (χ1v) is 6.43. The topological polar surface area (TPSA) is 78.6 Å². The molecule has 0 aromatic heterocycles. The molecule has 0 radical (unpaired) electrons. The molecule has 0 saturated heterocycles. The van der Waals surface area contributed by atoms with Gasteiger partial charge in [-0.25, -0.2) is 0 Å². The Morgan fingerprint density at radius 1 is 1.41 bits per heavy atom. The number of nitrogens with one attached hydrogen (secondary N) is 1. The van der Waals surface area contributed by atoms with Gasteiger partial charge in [0.15, 0.2) is 0 Å². The Kier molecular flexibility index (Phi) is 9.03. The molecule has 0 bridgehead atoms. The predicted molar refractivity (Wildman–Crippen MR) is 69.7 cm³/mol. The monoisotopic (exact) mass is 245 g/mol. The third kappa shape index (κ3) is 6.61. The molecular formula is C12H27N3O2. The molecule has 2 atom stereocenters. The van der Waals surface area contributed by atoms with Crippen LogP contribution in [0.4, 0.5) is 0 Å². The number of hydrogen-bond acceptors (Lipinski definition) is 4. The van der Waals surface area contributed by atoms with Crippen molar-refractivity contribution in [1.82, 2.24) is 10.2 Å². The zero-order chi connectivity index (χ0) is 13.3. The maximum Gasteiger partial charge on any atom is 0.224 e. The maximum absolute atomic E-state index is 11.9. The fourth-order valence-electron chi connectivity index (χ4n) is 1.81. The van der Waals surface area contributed by atoms with Crippen LogP contribution >= 0.6 is 0 Å². The standard InChI is InChI=1S/C12H27N3O2/c1-4-15(5-2)12(17)8-11(9-13)14-10(3)6-7-16/h10-11,14,16H,4-9,13H2,1-3H3. The minimum atomic E-state index is -0.00958. The van der Waals surface area contributed by atoms with E-state index in [-0.39, 0.29) is 24.6 Å². The van der Waals surface area contributed by atoms with Gasteiger partial charge in [0.25, 0.3) is 0 Å². The van der Waals surface area contributed by atoms with E-state index in [9.17, 15) is 4.79 Å². The smallest absolute Gasteiger partial charge is 0.224 e. The van der Waals surface area contributed by atoms with E-state index in [1.165, 1.54) is 0 Å². The second-order valence-corrected chi connectivity index (χ2v) is 4.28. The lowest BCUT2D eigenvalue weighted by Crippen LogP contribution is -2.45. The molecule has 0 saturated carbocycles. The number of amides is 1. The van der Waals surface area contributed by atoms with Crippen LogP contribution in [0, 0.1) is 0 Å². The van der Waals surface area contributed by atoms with E-state index in [0.29, 0.717) is 19.4 Å². The van der Waals surface area contributed by atoms with Gasteiger partial charge < -0.3 is 21.1 Å². The molecule has 102 valence electrons. The first-order valence-electron chi connectivity index (χ1n) is 6.43.